The Labute approximate surface area is 93.7 Å². The molecule has 0 N–H and O–H groups in total. The topological polar surface area (TPSA) is 38.7 Å². The van der Waals surface area contributed by atoms with Gasteiger partial charge in [-0.15, -0.1) is 0 Å². The van der Waals surface area contributed by atoms with Gasteiger partial charge in [-0.1, -0.05) is 11.6 Å². The summed E-state index contributed by atoms with van der Waals surface area (Å²) >= 11 is 6.02. The molecule has 0 aliphatic carbocycles. The lowest BCUT2D eigenvalue weighted by molar-refractivity contribution is 0.406. The van der Waals surface area contributed by atoms with E-state index in [1.54, 1.807) is 7.11 Å². The van der Waals surface area contributed by atoms with Crippen molar-refractivity contribution in [3.63, 3.8) is 0 Å². The van der Waals surface area contributed by atoms with E-state index in [1.165, 1.54) is 6.08 Å². The van der Waals surface area contributed by atoms with Crippen LogP contribution in [-0.2, 0) is 11.3 Å². The molecule has 15 heavy (non-hydrogen) atoms. The van der Waals surface area contributed by atoms with Crippen molar-refractivity contribution in [2.45, 2.75) is 20.4 Å². The fourth-order valence-corrected chi connectivity index (χ4v) is 1.73. The Morgan fingerprint density at radius 2 is 2.20 bits per heavy atom. The van der Waals surface area contributed by atoms with Gasteiger partial charge in [-0.2, -0.15) is 0 Å². The van der Waals surface area contributed by atoms with Crippen LogP contribution in [-0.4, -0.2) is 13.2 Å². The number of nitrogens with zero attached hydrogens (tertiary/aromatic N) is 1. The molecule has 0 bridgehead atoms. The van der Waals surface area contributed by atoms with Gasteiger partial charge in [0.25, 0.3) is 0 Å². The maximum atomic E-state index is 10.1. The first kappa shape index (κ1) is 11.8. The number of hydrogen-bond acceptors (Lipinski definition) is 3. The number of halogens is 1. The maximum absolute atomic E-state index is 10.1. The molecule has 0 spiro atoms. The molecule has 0 fully saturated rings. The summed E-state index contributed by atoms with van der Waals surface area (Å²) in [6, 6.07) is 1.84. The molecule has 0 atom stereocenters. The molecule has 1 rings (SSSR count). The quantitative estimate of drug-likeness (QED) is 0.586. The predicted molar refractivity (Wildman–Crippen MR) is 59.3 cm³/mol. The van der Waals surface area contributed by atoms with Gasteiger partial charge in [0.15, 0.2) is 0 Å². The Morgan fingerprint density at radius 1 is 1.53 bits per heavy atom. The van der Waals surface area contributed by atoms with Gasteiger partial charge in [-0.25, -0.2) is 9.79 Å². The number of isocyanates is 1. The number of ether oxygens (including phenoxy) is 1. The molecule has 0 radical (unpaired) electrons. The summed E-state index contributed by atoms with van der Waals surface area (Å²) in [4.78, 5) is 13.6. The molecule has 80 valence electrons. The lowest BCUT2D eigenvalue weighted by Crippen LogP contribution is -1.98. The highest BCUT2D eigenvalue weighted by molar-refractivity contribution is 6.31. The number of rotatable bonds is 3. The van der Waals surface area contributed by atoms with Crippen LogP contribution >= 0.6 is 11.6 Å². The van der Waals surface area contributed by atoms with Gasteiger partial charge in [0.2, 0.25) is 6.08 Å². The zero-order valence-electron chi connectivity index (χ0n) is 8.93. The highest BCUT2D eigenvalue weighted by atomic mass is 35.5. The van der Waals surface area contributed by atoms with Gasteiger partial charge in [0.1, 0.15) is 5.75 Å². The second-order valence-corrected chi connectivity index (χ2v) is 3.63. The minimum Gasteiger partial charge on any atom is -0.496 e. The molecular formula is C11H12ClNO2. The van der Waals surface area contributed by atoms with Crippen molar-refractivity contribution in [2.24, 2.45) is 4.99 Å². The first-order chi connectivity index (χ1) is 7.11. The number of benzene rings is 1. The van der Waals surface area contributed by atoms with Crippen LogP contribution in [0.3, 0.4) is 0 Å². The first-order valence-corrected chi connectivity index (χ1v) is 4.85. The van der Waals surface area contributed by atoms with E-state index < -0.39 is 0 Å². The Kier molecular flexibility index (Phi) is 3.89. The van der Waals surface area contributed by atoms with Gasteiger partial charge in [0.05, 0.1) is 13.7 Å². The van der Waals surface area contributed by atoms with Gasteiger partial charge in [0, 0.05) is 16.1 Å². The number of hydrogen-bond donors (Lipinski definition) is 0. The molecule has 0 aromatic heterocycles. The van der Waals surface area contributed by atoms with Gasteiger partial charge >= 0.3 is 0 Å². The third-order valence-corrected chi connectivity index (χ3v) is 2.69. The van der Waals surface area contributed by atoms with Crippen molar-refractivity contribution in [1.29, 1.82) is 0 Å². The molecule has 3 nitrogen and oxygen atoms in total. The molecule has 1 aromatic rings. The van der Waals surface area contributed by atoms with E-state index >= 15 is 0 Å². The third-order valence-electron chi connectivity index (χ3n) is 2.30. The predicted octanol–water partition coefficient (Wildman–Crippen LogP) is 2.80. The highest BCUT2D eigenvalue weighted by Gasteiger charge is 2.12. The highest BCUT2D eigenvalue weighted by Crippen LogP contribution is 2.32. The number of aliphatic imine (C=N–C) groups is 1. The summed E-state index contributed by atoms with van der Waals surface area (Å²) in [6.45, 7) is 4.05. The first-order valence-electron chi connectivity index (χ1n) is 4.48. The van der Waals surface area contributed by atoms with Gasteiger partial charge in [-0.05, 0) is 25.5 Å². The minimum absolute atomic E-state index is 0.274. The van der Waals surface area contributed by atoms with Crippen molar-refractivity contribution in [3.8, 4) is 5.75 Å². The van der Waals surface area contributed by atoms with Crippen LogP contribution in [0, 0.1) is 13.8 Å². The van der Waals surface area contributed by atoms with Crippen molar-refractivity contribution < 1.29 is 9.53 Å². The molecule has 0 saturated heterocycles. The number of methoxy groups -OCH3 is 1. The molecule has 0 saturated carbocycles. The second-order valence-electron chi connectivity index (χ2n) is 3.22. The van der Waals surface area contributed by atoms with Crippen molar-refractivity contribution in [3.05, 3.63) is 27.8 Å². The van der Waals surface area contributed by atoms with Crippen LogP contribution in [0.1, 0.15) is 16.7 Å². The lowest BCUT2D eigenvalue weighted by atomic mass is 10.0. The van der Waals surface area contributed by atoms with E-state index in [-0.39, 0.29) is 6.54 Å². The van der Waals surface area contributed by atoms with E-state index in [0.29, 0.717) is 10.8 Å². The Balaban J connectivity index is 3.34. The maximum Gasteiger partial charge on any atom is 0.235 e. The monoisotopic (exact) mass is 225 g/mol. The van der Waals surface area contributed by atoms with Crippen LogP contribution in [0.25, 0.3) is 0 Å². The van der Waals surface area contributed by atoms with E-state index in [4.69, 9.17) is 16.3 Å². The second kappa shape index (κ2) is 4.96. The van der Waals surface area contributed by atoms with E-state index in [2.05, 4.69) is 4.99 Å². The average molecular weight is 226 g/mol. The van der Waals surface area contributed by atoms with E-state index in [9.17, 15) is 4.79 Å². The van der Waals surface area contributed by atoms with Crippen LogP contribution < -0.4 is 4.74 Å². The Hall–Kier alpha value is -1.31. The lowest BCUT2D eigenvalue weighted by Gasteiger charge is -2.13. The SMILES string of the molecule is COc1c(C)c(Cl)cc(C)c1CN=C=O. The summed E-state index contributed by atoms with van der Waals surface area (Å²) in [5.41, 5.74) is 2.70. The number of carbonyl (C=O) groups excluding carboxylic acids is 1. The summed E-state index contributed by atoms with van der Waals surface area (Å²) in [5.74, 6) is 0.694. The normalized spacial score (nSPS) is 9.60. The Bertz CT molecular complexity index is 423. The smallest absolute Gasteiger partial charge is 0.235 e. The van der Waals surface area contributed by atoms with Gasteiger partial charge < -0.3 is 4.74 Å². The average Bonchev–Trinajstić information content (AvgIpc) is 2.21. The van der Waals surface area contributed by atoms with Crippen LogP contribution in [0.5, 0.6) is 5.75 Å². The fraction of sp³-hybridized carbons (Fsp3) is 0.364. The van der Waals surface area contributed by atoms with E-state index in [0.717, 1.165) is 16.7 Å². The third kappa shape index (κ3) is 2.38. The molecular weight excluding hydrogens is 214 g/mol. The van der Waals surface area contributed by atoms with Gasteiger partial charge in [-0.3, -0.25) is 0 Å². The summed E-state index contributed by atoms with van der Waals surface area (Å²) < 4.78 is 5.26. The van der Waals surface area contributed by atoms with Crippen molar-refractivity contribution in [2.75, 3.05) is 7.11 Å². The fourth-order valence-electron chi connectivity index (χ4n) is 1.48. The molecule has 0 heterocycles. The van der Waals surface area contributed by atoms with Crippen LogP contribution in [0.4, 0.5) is 0 Å². The molecule has 1 aromatic carbocycles. The molecule has 4 heteroatoms. The molecule has 0 amide bonds. The molecule has 0 aliphatic rings. The van der Waals surface area contributed by atoms with Crippen LogP contribution in [0.2, 0.25) is 5.02 Å². The zero-order chi connectivity index (χ0) is 11.4. The summed E-state index contributed by atoms with van der Waals surface area (Å²) in [6.07, 6.45) is 1.52. The molecule has 0 aliphatic heterocycles. The largest absolute Gasteiger partial charge is 0.496 e. The van der Waals surface area contributed by atoms with Crippen molar-refractivity contribution in [1.82, 2.24) is 0 Å². The number of aryl methyl sites for hydroxylation is 1. The standard InChI is InChI=1S/C11H12ClNO2/c1-7-4-10(12)8(2)11(15-3)9(7)5-13-6-14/h4H,5H2,1-3H3. The van der Waals surface area contributed by atoms with Crippen molar-refractivity contribution >= 4 is 17.7 Å². The molecule has 0 unspecified atom stereocenters. The van der Waals surface area contributed by atoms with E-state index in [1.807, 2.05) is 19.9 Å². The summed E-state index contributed by atoms with van der Waals surface area (Å²) in [5, 5.41) is 0.656. The minimum atomic E-state index is 0.274. The summed E-state index contributed by atoms with van der Waals surface area (Å²) in [7, 11) is 1.58. The Morgan fingerprint density at radius 3 is 2.73 bits per heavy atom. The zero-order valence-corrected chi connectivity index (χ0v) is 9.68. The van der Waals surface area contributed by atoms with Crippen LogP contribution in [0.15, 0.2) is 11.1 Å².